The number of aromatic nitrogens is 1. The Kier molecular flexibility index (Phi) is 8.13. The van der Waals surface area contributed by atoms with Gasteiger partial charge in [0.05, 0.1) is 12.1 Å². The van der Waals surface area contributed by atoms with Crippen molar-refractivity contribution in [2.24, 2.45) is 17.6 Å². The fourth-order valence-electron chi connectivity index (χ4n) is 4.05. The molecule has 2 heterocycles. The number of amides is 1. The maximum Gasteiger partial charge on any atom is 0.228 e. The monoisotopic (exact) mass is 443 g/mol. The number of likely N-dealkylation sites (tertiary alicyclic amines) is 1. The zero-order chi connectivity index (χ0) is 18.1. The van der Waals surface area contributed by atoms with Crippen LogP contribution in [0.25, 0.3) is 0 Å². The average Bonchev–Trinajstić information content (AvgIpc) is 3.32. The van der Waals surface area contributed by atoms with Crippen molar-refractivity contribution >= 4 is 42.1 Å². The number of aryl methyl sites for hydroxylation is 1. The van der Waals surface area contributed by atoms with Crippen LogP contribution in [0, 0.1) is 18.8 Å². The Labute approximate surface area is 182 Å². The first-order chi connectivity index (χ1) is 12.6. The number of carbonyl (C=O) groups excluding carboxylic acids is 1. The van der Waals surface area contributed by atoms with E-state index in [1.54, 1.807) is 11.3 Å². The van der Waals surface area contributed by atoms with Gasteiger partial charge in [-0.3, -0.25) is 4.79 Å². The van der Waals surface area contributed by atoms with Crippen molar-refractivity contribution in [3.05, 3.63) is 45.9 Å². The van der Waals surface area contributed by atoms with Crippen LogP contribution >= 0.6 is 36.2 Å². The van der Waals surface area contributed by atoms with Crippen molar-refractivity contribution in [2.45, 2.75) is 38.8 Å². The standard InChI is InChI=1S/C20H25N3O2S.2ClH/c1-13-2-5-16(6-3-13)25-11-19-22-15(12-26-19)8-20(24)23-9-14-4-7-18(21)17(14)10-23;;/h2-3,5-6,12,14,17-18H,4,7-11,21H2,1H3;2*1H. The molecule has 0 spiro atoms. The van der Waals surface area contributed by atoms with E-state index in [1.165, 1.54) is 5.56 Å². The first-order valence-corrected chi connectivity index (χ1v) is 10.1. The van der Waals surface area contributed by atoms with E-state index in [9.17, 15) is 4.79 Å². The summed E-state index contributed by atoms with van der Waals surface area (Å²) in [5.74, 6) is 2.10. The van der Waals surface area contributed by atoms with Crippen LogP contribution in [0.5, 0.6) is 5.75 Å². The van der Waals surface area contributed by atoms with Crippen LogP contribution in [0.15, 0.2) is 29.6 Å². The van der Waals surface area contributed by atoms with E-state index in [0.29, 0.717) is 24.9 Å². The van der Waals surface area contributed by atoms with Crippen LogP contribution in [0.2, 0.25) is 0 Å². The first-order valence-electron chi connectivity index (χ1n) is 9.24. The van der Waals surface area contributed by atoms with Crippen molar-refractivity contribution in [3.8, 4) is 5.75 Å². The van der Waals surface area contributed by atoms with E-state index in [-0.39, 0.29) is 36.8 Å². The molecule has 4 rings (SSSR count). The van der Waals surface area contributed by atoms with Gasteiger partial charge in [-0.15, -0.1) is 36.2 Å². The lowest BCUT2D eigenvalue weighted by atomic mass is 9.98. The number of nitrogens with two attached hydrogens (primary N) is 1. The van der Waals surface area contributed by atoms with Gasteiger partial charge in [0.1, 0.15) is 17.4 Å². The zero-order valence-electron chi connectivity index (χ0n) is 15.9. The lowest BCUT2D eigenvalue weighted by molar-refractivity contribution is -0.129. The van der Waals surface area contributed by atoms with Crippen LogP contribution in [0.1, 0.15) is 29.1 Å². The van der Waals surface area contributed by atoms with E-state index in [4.69, 9.17) is 10.5 Å². The van der Waals surface area contributed by atoms with Gasteiger partial charge >= 0.3 is 0 Å². The second kappa shape index (κ2) is 9.92. The SMILES string of the molecule is Cc1ccc(OCc2nc(CC(=O)N3CC4CCC(N)C4C3)cs2)cc1.Cl.Cl. The smallest absolute Gasteiger partial charge is 0.228 e. The number of fused-ring (bicyclic) bond motifs is 1. The molecule has 1 saturated carbocycles. The number of hydrogen-bond donors (Lipinski definition) is 1. The predicted octanol–water partition coefficient (Wildman–Crippen LogP) is 3.61. The Morgan fingerprint density at radius 1 is 1.25 bits per heavy atom. The van der Waals surface area contributed by atoms with Crippen LogP contribution in [0.3, 0.4) is 0 Å². The third kappa shape index (κ3) is 5.17. The van der Waals surface area contributed by atoms with Crippen molar-refractivity contribution < 1.29 is 9.53 Å². The van der Waals surface area contributed by atoms with Gasteiger partial charge in [0.25, 0.3) is 0 Å². The minimum atomic E-state index is 0. The molecule has 0 bridgehead atoms. The van der Waals surface area contributed by atoms with E-state index in [2.05, 4.69) is 11.9 Å². The maximum atomic E-state index is 12.6. The molecule has 1 aromatic carbocycles. The summed E-state index contributed by atoms with van der Waals surface area (Å²) in [7, 11) is 0. The Morgan fingerprint density at radius 2 is 2.00 bits per heavy atom. The molecule has 3 atom stereocenters. The van der Waals surface area contributed by atoms with Crippen molar-refractivity contribution in [3.63, 3.8) is 0 Å². The Morgan fingerprint density at radius 3 is 2.71 bits per heavy atom. The lowest BCUT2D eigenvalue weighted by Crippen LogP contribution is -2.34. The molecule has 1 aromatic heterocycles. The number of thiazole rings is 1. The van der Waals surface area contributed by atoms with Crippen LogP contribution in [-0.4, -0.2) is 34.9 Å². The van der Waals surface area contributed by atoms with Crippen molar-refractivity contribution in [1.29, 1.82) is 0 Å². The molecule has 1 aliphatic carbocycles. The molecule has 3 unspecified atom stereocenters. The van der Waals surface area contributed by atoms with E-state index >= 15 is 0 Å². The molecular formula is C20H27Cl2N3O2S. The summed E-state index contributed by atoms with van der Waals surface area (Å²) in [5.41, 5.74) is 8.21. The van der Waals surface area contributed by atoms with Gasteiger partial charge in [0, 0.05) is 24.5 Å². The third-order valence-electron chi connectivity index (χ3n) is 5.58. The minimum absolute atomic E-state index is 0. The summed E-state index contributed by atoms with van der Waals surface area (Å²) in [6.45, 7) is 4.17. The molecule has 2 N–H and O–H groups in total. The first kappa shape index (κ1) is 22.9. The summed E-state index contributed by atoms with van der Waals surface area (Å²) in [6.07, 6.45) is 2.64. The van der Waals surface area contributed by atoms with Gasteiger partial charge in [0.2, 0.25) is 5.91 Å². The topological polar surface area (TPSA) is 68.5 Å². The van der Waals surface area contributed by atoms with Gasteiger partial charge in [0.15, 0.2) is 0 Å². The summed E-state index contributed by atoms with van der Waals surface area (Å²) in [4.78, 5) is 19.1. The molecule has 154 valence electrons. The molecule has 1 aliphatic heterocycles. The maximum absolute atomic E-state index is 12.6. The third-order valence-corrected chi connectivity index (χ3v) is 6.45. The molecule has 2 fully saturated rings. The van der Waals surface area contributed by atoms with Crippen LogP contribution in [-0.2, 0) is 17.8 Å². The molecule has 8 heteroatoms. The normalized spacial score (nSPS) is 22.9. The fraction of sp³-hybridized carbons (Fsp3) is 0.500. The number of carbonyl (C=O) groups is 1. The molecule has 5 nitrogen and oxygen atoms in total. The van der Waals surface area contributed by atoms with Gasteiger partial charge in [-0.05, 0) is 43.7 Å². The number of halogens is 2. The second-order valence-corrected chi connectivity index (χ2v) is 8.42. The Hall–Kier alpha value is -1.34. The molecule has 0 radical (unpaired) electrons. The van der Waals surface area contributed by atoms with Gasteiger partial charge in [-0.2, -0.15) is 0 Å². The molecule has 28 heavy (non-hydrogen) atoms. The number of benzene rings is 1. The van der Waals surface area contributed by atoms with Gasteiger partial charge in [-0.1, -0.05) is 17.7 Å². The predicted molar refractivity (Wildman–Crippen MR) is 117 cm³/mol. The van der Waals surface area contributed by atoms with Gasteiger partial charge < -0.3 is 15.4 Å². The highest BCUT2D eigenvalue weighted by Crippen LogP contribution is 2.37. The largest absolute Gasteiger partial charge is 0.486 e. The minimum Gasteiger partial charge on any atom is -0.486 e. The molecule has 2 aromatic rings. The summed E-state index contributed by atoms with van der Waals surface area (Å²) >= 11 is 1.55. The highest BCUT2D eigenvalue weighted by Gasteiger charge is 2.42. The van der Waals surface area contributed by atoms with E-state index in [1.807, 2.05) is 34.5 Å². The molecule has 1 saturated heterocycles. The molecule has 1 amide bonds. The zero-order valence-corrected chi connectivity index (χ0v) is 18.3. The van der Waals surface area contributed by atoms with Crippen LogP contribution < -0.4 is 10.5 Å². The summed E-state index contributed by atoms with van der Waals surface area (Å²) < 4.78 is 5.77. The second-order valence-electron chi connectivity index (χ2n) is 7.47. The quantitative estimate of drug-likeness (QED) is 0.765. The van der Waals surface area contributed by atoms with Crippen molar-refractivity contribution in [1.82, 2.24) is 9.88 Å². The number of rotatable bonds is 5. The Bertz CT molecular complexity index is 784. The van der Waals surface area contributed by atoms with E-state index < -0.39 is 0 Å². The highest BCUT2D eigenvalue weighted by atomic mass is 35.5. The Balaban J connectivity index is 0.00000140. The summed E-state index contributed by atoms with van der Waals surface area (Å²) in [5, 5.41) is 2.86. The van der Waals surface area contributed by atoms with Crippen LogP contribution in [0.4, 0.5) is 0 Å². The van der Waals surface area contributed by atoms with Crippen molar-refractivity contribution in [2.75, 3.05) is 13.1 Å². The molecular weight excluding hydrogens is 417 g/mol. The molecule has 2 aliphatic rings. The number of hydrogen-bond acceptors (Lipinski definition) is 5. The lowest BCUT2D eigenvalue weighted by Gasteiger charge is -2.18. The van der Waals surface area contributed by atoms with Gasteiger partial charge in [-0.25, -0.2) is 4.98 Å². The fourth-order valence-corrected chi connectivity index (χ4v) is 4.76. The summed E-state index contributed by atoms with van der Waals surface area (Å²) in [6, 6.07) is 8.24. The number of nitrogens with zero attached hydrogens (tertiary/aromatic N) is 2. The van der Waals surface area contributed by atoms with E-state index in [0.717, 1.165) is 42.4 Å². The number of ether oxygens (including phenoxy) is 1. The highest BCUT2D eigenvalue weighted by molar-refractivity contribution is 7.09. The average molecular weight is 444 g/mol.